The van der Waals surface area contributed by atoms with Gasteiger partial charge in [-0.15, -0.1) is 0 Å². The molecule has 0 spiro atoms. The van der Waals surface area contributed by atoms with Gasteiger partial charge in [-0.3, -0.25) is 0 Å². The van der Waals surface area contributed by atoms with Gasteiger partial charge < -0.3 is 0 Å². The van der Waals surface area contributed by atoms with Crippen LogP contribution in [0, 0.1) is 0 Å². The van der Waals surface area contributed by atoms with E-state index in [1.165, 1.54) is 0 Å². The van der Waals surface area contributed by atoms with Crippen molar-refractivity contribution in [3.05, 3.63) is 12.3 Å². The second-order valence-corrected chi connectivity index (χ2v) is 2.61. The van der Waals surface area contributed by atoms with E-state index in [1.54, 1.807) is 0 Å². The number of aldehydes is 1. The van der Waals surface area contributed by atoms with Gasteiger partial charge >= 0.3 is 50.8 Å². The molecule has 54 valence electrons. The SMILES string of the molecule is C=C(C=O)O[PH](O)(O)O. The van der Waals surface area contributed by atoms with Crippen molar-refractivity contribution in [1.82, 2.24) is 0 Å². The molecule has 0 radical (unpaired) electrons. The zero-order valence-electron chi connectivity index (χ0n) is 4.44. The molecule has 0 aromatic heterocycles. The van der Waals surface area contributed by atoms with Crippen molar-refractivity contribution in [2.75, 3.05) is 0 Å². The van der Waals surface area contributed by atoms with E-state index in [1.807, 2.05) is 0 Å². The molecule has 6 heteroatoms. The predicted molar refractivity (Wildman–Crippen MR) is 31.3 cm³/mol. The van der Waals surface area contributed by atoms with Gasteiger partial charge in [-0.25, -0.2) is 0 Å². The standard InChI is InChI=1S/C3H7O5P/c1-3(2-4)8-9(5,6)7/h2,5-7,9H,1H2. The van der Waals surface area contributed by atoms with Crippen molar-refractivity contribution >= 4 is 14.5 Å². The molecule has 0 amide bonds. The Hall–Kier alpha value is -0.480. The van der Waals surface area contributed by atoms with Crippen LogP contribution < -0.4 is 0 Å². The van der Waals surface area contributed by atoms with E-state index >= 15 is 0 Å². The molecule has 0 aliphatic rings. The maximum absolute atomic E-state index is 9.65. The zero-order valence-corrected chi connectivity index (χ0v) is 5.44. The first-order valence-corrected chi connectivity index (χ1v) is 3.71. The first-order valence-electron chi connectivity index (χ1n) is 1.96. The summed E-state index contributed by atoms with van der Waals surface area (Å²) in [4.78, 5) is 34.0. The molecule has 0 heterocycles. The Bertz CT molecular complexity index is 125. The van der Waals surface area contributed by atoms with Crippen LogP contribution in [0.3, 0.4) is 0 Å². The number of hydrogen-bond donors (Lipinski definition) is 3. The normalized spacial score (nSPS) is 12.3. The molecule has 9 heavy (non-hydrogen) atoms. The van der Waals surface area contributed by atoms with Gasteiger partial charge in [0.1, 0.15) is 0 Å². The molecule has 0 saturated carbocycles. The van der Waals surface area contributed by atoms with Crippen LogP contribution in [-0.2, 0) is 9.32 Å². The quantitative estimate of drug-likeness (QED) is 0.212. The molecule has 0 rings (SSSR count). The summed E-state index contributed by atoms with van der Waals surface area (Å²) in [6, 6.07) is 0. The van der Waals surface area contributed by atoms with E-state index < -0.39 is 13.9 Å². The van der Waals surface area contributed by atoms with Gasteiger partial charge in [0.25, 0.3) is 0 Å². The van der Waals surface area contributed by atoms with E-state index in [0.29, 0.717) is 0 Å². The summed E-state index contributed by atoms with van der Waals surface area (Å²) >= 11 is 0. The number of carbonyl (C=O) groups excluding carboxylic acids is 1. The zero-order chi connectivity index (χ0) is 7.49. The summed E-state index contributed by atoms with van der Waals surface area (Å²) in [6.45, 7) is 2.92. The molecule has 0 saturated heterocycles. The fourth-order valence-electron chi connectivity index (χ4n) is 0.200. The van der Waals surface area contributed by atoms with Gasteiger partial charge in [-0.1, -0.05) is 0 Å². The van der Waals surface area contributed by atoms with Gasteiger partial charge in [0, 0.05) is 0 Å². The van der Waals surface area contributed by atoms with Crippen molar-refractivity contribution in [3.8, 4) is 0 Å². The average Bonchev–Trinajstić information content (AvgIpc) is 1.62. The van der Waals surface area contributed by atoms with Crippen LogP contribution in [0.5, 0.6) is 0 Å². The van der Waals surface area contributed by atoms with Gasteiger partial charge in [-0.05, 0) is 0 Å². The number of hydrogen-bond acceptors (Lipinski definition) is 5. The van der Waals surface area contributed by atoms with E-state index in [0.717, 1.165) is 0 Å². The topological polar surface area (TPSA) is 87.0 Å². The van der Waals surface area contributed by atoms with Crippen molar-refractivity contribution < 1.29 is 24.0 Å². The summed E-state index contributed by atoms with van der Waals surface area (Å²) in [5.74, 6) is -0.505. The minimum atomic E-state index is -4.57. The van der Waals surface area contributed by atoms with Gasteiger partial charge in [-0.2, -0.15) is 0 Å². The first kappa shape index (κ1) is 8.52. The van der Waals surface area contributed by atoms with E-state index in [-0.39, 0.29) is 6.29 Å². The Morgan fingerprint density at radius 3 is 2.11 bits per heavy atom. The van der Waals surface area contributed by atoms with Gasteiger partial charge in [0.2, 0.25) is 0 Å². The molecule has 0 aromatic carbocycles. The van der Waals surface area contributed by atoms with Crippen molar-refractivity contribution in [3.63, 3.8) is 0 Å². The molecule has 0 atom stereocenters. The van der Waals surface area contributed by atoms with Crippen LogP contribution in [0.25, 0.3) is 0 Å². The Balaban J connectivity index is 3.74. The van der Waals surface area contributed by atoms with Crippen LogP contribution in [0.1, 0.15) is 0 Å². The third-order valence-corrected chi connectivity index (χ3v) is 0.936. The molecule has 5 nitrogen and oxygen atoms in total. The maximum atomic E-state index is 9.65. The number of rotatable bonds is 3. The Morgan fingerprint density at radius 2 is 2.00 bits per heavy atom. The van der Waals surface area contributed by atoms with E-state index in [4.69, 9.17) is 14.7 Å². The first-order chi connectivity index (χ1) is 3.95. The fourth-order valence-corrected chi connectivity index (χ4v) is 0.600. The van der Waals surface area contributed by atoms with Crippen LogP contribution in [0.15, 0.2) is 12.3 Å². The Morgan fingerprint density at radius 1 is 1.56 bits per heavy atom. The van der Waals surface area contributed by atoms with Crippen molar-refractivity contribution in [2.24, 2.45) is 0 Å². The summed E-state index contributed by atoms with van der Waals surface area (Å²) in [5, 5.41) is 0. The Kier molecular flexibility index (Phi) is 2.73. The minimum absolute atomic E-state index is 0.157. The van der Waals surface area contributed by atoms with Crippen LogP contribution >= 0.6 is 8.17 Å². The summed E-state index contributed by atoms with van der Waals surface area (Å²) in [5.41, 5.74) is 0. The van der Waals surface area contributed by atoms with Gasteiger partial charge in [0.05, 0.1) is 0 Å². The monoisotopic (exact) mass is 154 g/mol. The Labute approximate surface area is 51.9 Å². The van der Waals surface area contributed by atoms with Crippen LogP contribution in [-0.4, -0.2) is 21.0 Å². The molecule has 3 N–H and O–H groups in total. The summed E-state index contributed by atoms with van der Waals surface area (Å²) < 4.78 is 3.83. The van der Waals surface area contributed by atoms with Crippen LogP contribution in [0.2, 0.25) is 0 Å². The number of allylic oxidation sites excluding steroid dienone is 1. The fraction of sp³-hybridized carbons (Fsp3) is 0. The third-order valence-electron chi connectivity index (χ3n) is 0.399. The van der Waals surface area contributed by atoms with E-state index in [9.17, 15) is 4.79 Å². The van der Waals surface area contributed by atoms with Crippen molar-refractivity contribution in [1.29, 1.82) is 0 Å². The second kappa shape index (κ2) is 2.89. The molecule has 0 unspecified atom stereocenters. The molecule has 0 aliphatic heterocycles. The average molecular weight is 154 g/mol. The second-order valence-electron chi connectivity index (χ2n) is 1.26. The summed E-state index contributed by atoms with van der Waals surface area (Å²) in [6.07, 6.45) is 0.157. The molecule has 0 fully saturated rings. The molecular formula is C3H7O5P. The van der Waals surface area contributed by atoms with E-state index in [2.05, 4.69) is 11.1 Å². The molecule has 0 aromatic rings. The predicted octanol–water partition coefficient (Wildman–Crippen LogP) is -0.898. The molecule has 0 aliphatic carbocycles. The van der Waals surface area contributed by atoms with Gasteiger partial charge in [0.15, 0.2) is 0 Å². The third kappa shape index (κ3) is 5.39. The summed E-state index contributed by atoms with van der Waals surface area (Å²) in [7, 11) is -4.57. The van der Waals surface area contributed by atoms with Crippen molar-refractivity contribution in [2.45, 2.75) is 0 Å². The molecular weight excluding hydrogens is 147 g/mol. The number of carbonyl (C=O) groups is 1. The molecule has 0 bridgehead atoms. The van der Waals surface area contributed by atoms with Crippen LogP contribution in [0.4, 0.5) is 0 Å².